The number of hydrogen-bond acceptors (Lipinski definition) is 2. The molecule has 0 spiro atoms. The van der Waals surface area contributed by atoms with Gasteiger partial charge < -0.3 is 4.57 Å². The number of aromatic nitrogens is 2. The molecule has 14 heavy (non-hydrogen) atoms. The first kappa shape index (κ1) is 9.04. The predicted octanol–water partition coefficient (Wildman–Crippen LogP) is 2.29. The van der Waals surface area contributed by atoms with Crippen LogP contribution in [0.2, 0.25) is 5.02 Å². The van der Waals surface area contributed by atoms with Gasteiger partial charge in [-0.1, -0.05) is 11.6 Å². The summed E-state index contributed by atoms with van der Waals surface area (Å²) in [6.07, 6.45) is 0.322. The highest BCUT2D eigenvalue weighted by molar-refractivity contribution is 6.31. The highest BCUT2D eigenvalue weighted by Crippen LogP contribution is 2.19. The Labute approximate surface area is 86.5 Å². The normalized spacial score (nSPS) is 10.4. The summed E-state index contributed by atoms with van der Waals surface area (Å²) in [4.78, 5) is 4.32. The summed E-state index contributed by atoms with van der Waals surface area (Å²) in [6, 6.07) is 7.59. The van der Waals surface area contributed by atoms with E-state index in [9.17, 15) is 0 Å². The maximum absolute atomic E-state index is 8.59. The molecular formula is C10H8ClN3. The second-order valence-electron chi connectivity index (χ2n) is 3.05. The van der Waals surface area contributed by atoms with Gasteiger partial charge in [0, 0.05) is 12.1 Å². The maximum Gasteiger partial charge on any atom is 0.123 e. The summed E-state index contributed by atoms with van der Waals surface area (Å²) in [5, 5.41) is 9.28. The summed E-state index contributed by atoms with van der Waals surface area (Å²) in [7, 11) is 1.89. The summed E-state index contributed by atoms with van der Waals surface area (Å²) >= 11 is 5.87. The number of nitrogens with zero attached hydrogens (tertiary/aromatic N) is 3. The van der Waals surface area contributed by atoms with Gasteiger partial charge in [0.2, 0.25) is 0 Å². The van der Waals surface area contributed by atoms with Crippen LogP contribution in [0.4, 0.5) is 0 Å². The van der Waals surface area contributed by atoms with Gasteiger partial charge in [-0.25, -0.2) is 4.98 Å². The predicted molar refractivity (Wildman–Crippen MR) is 55.0 cm³/mol. The molecule has 1 aromatic heterocycles. The largest absolute Gasteiger partial charge is 0.330 e. The van der Waals surface area contributed by atoms with E-state index in [2.05, 4.69) is 11.1 Å². The highest BCUT2D eigenvalue weighted by Gasteiger charge is 2.06. The fourth-order valence-corrected chi connectivity index (χ4v) is 1.61. The van der Waals surface area contributed by atoms with Gasteiger partial charge in [0.1, 0.15) is 5.82 Å². The molecule has 0 unspecified atom stereocenters. The average molecular weight is 206 g/mol. The van der Waals surface area contributed by atoms with E-state index in [4.69, 9.17) is 16.9 Å². The molecule has 3 nitrogen and oxygen atoms in total. The van der Waals surface area contributed by atoms with E-state index in [1.165, 1.54) is 0 Å². The molecule has 0 N–H and O–H groups in total. The topological polar surface area (TPSA) is 41.6 Å². The summed E-state index contributed by atoms with van der Waals surface area (Å²) < 4.78 is 1.89. The number of fused-ring (bicyclic) bond motifs is 1. The van der Waals surface area contributed by atoms with Crippen molar-refractivity contribution < 1.29 is 0 Å². The van der Waals surface area contributed by atoms with E-state index < -0.39 is 0 Å². The van der Waals surface area contributed by atoms with E-state index in [1.54, 1.807) is 6.07 Å². The second kappa shape index (κ2) is 3.32. The molecule has 2 aromatic rings. The fourth-order valence-electron chi connectivity index (χ4n) is 1.44. The molecule has 0 aliphatic heterocycles. The van der Waals surface area contributed by atoms with Gasteiger partial charge in [0.05, 0.1) is 23.5 Å². The van der Waals surface area contributed by atoms with Crippen molar-refractivity contribution in [3.8, 4) is 6.07 Å². The number of benzene rings is 1. The SMILES string of the molecule is Cn1c(CC#N)nc2ccc(Cl)cc21. The van der Waals surface area contributed by atoms with Gasteiger partial charge in [-0.05, 0) is 18.2 Å². The van der Waals surface area contributed by atoms with Crippen LogP contribution in [0, 0.1) is 11.3 Å². The molecule has 0 atom stereocenters. The zero-order valence-corrected chi connectivity index (χ0v) is 8.41. The lowest BCUT2D eigenvalue weighted by atomic mass is 10.3. The third-order valence-corrected chi connectivity index (χ3v) is 2.41. The van der Waals surface area contributed by atoms with Crippen molar-refractivity contribution in [2.45, 2.75) is 6.42 Å². The first-order chi connectivity index (χ1) is 6.72. The van der Waals surface area contributed by atoms with Crippen molar-refractivity contribution >= 4 is 22.6 Å². The zero-order chi connectivity index (χ0) is 10.1. The molecule has 4 heteroatoms. The fraction of sp³-hybridized carbons (Fsp3) is 0.200. The molecule has 0 saturated heterocycles. The molecule has 0 bridgehead atoms. The Morgan fingerprint density at radius 2 is 2.36 bits per heavy atom. The molecule has 0 aliphatic rings. The molecule has 0 fully saturated rings. The number of nitriles is 1. The van der Waals surface area contributed by atoms with Crippen molar-refractivity contribution in [3.63, 3.8) is 0 Å². The van der Waals surface area contributed by atoms with Crippen LogP contribution in [0.1, 0.15) is 5.82 Å². The molecule has 2 rings (SSSR count). The van der Waals surface area contributed by atoms with E-state index in [1.807, 2.05) is 23.7 Å². The minimum atomic E-state index is 0.322. The van der Waals surface area contributed by atoms with Crippen LogP contribution >= 0.6 is 11.6 Å². The molecule has 0 aliphatic carbocycles. The highest BCUT2D eigenvalue weighted by atomic mass is 35.5. The van der Waals surface area contributed by atoms with E-state index >= 15 is 0 Å². The Bertz CT molecular complexity index is 522. The molecule has 0 amide bonds. The Hall–Kier alpha value is -1.53. The van der Waals surface area contributed by atoms with E-state index in [0.29, 0.717) is 11.4 Å². The van der Waals surface area contributed by atoms with Crippen molar-refractivity contribution in [2.75, 3.05) is 0 Å². The summed E-state index contributed by atoms with van der Waals surface area (Å²) in [5.41, 5.74) is 1.84. The second-order valence-corrected chi connectivity index (χ2v) is 3.49. The number of imidazole rings is 1. The zero-order valence-electron chi connectivity index (χ0n) is 7.66. The number of rotatable bonds is 1. The van der Waals surface area contributed by atoms with Crippen LogP contribution in [0.5, 0.6) is 0 Å². The van der Waals surface area contributed by atoms with Crippen LogP contribution in [0.3, 0.4) is 0 Å². The third kappa shape index (κ3) is 1.34. The third-order valence-electron chi connectivity index (χ3n) is 2.17. The van der Waals surface area contributed by atoms with Crippen LogP contribution in [0.25, 0.3) is 11.0 Å². The first-order valence-corrected chi connectivity index (χ1v) is 4.58. The monoisotopic (exact) mass is 205 g/mol. The average Bonchev–Trinajstić information content (AvgIpc) is 2.46. The Morgan fingerprint density at radius 1 is 1.57 bits per heavy atom. The summed E-state index contributed by atoms with van der Waals surface area (Å²) in [6.45, 7) is 0. The number of halogens is 1. The first-order valence-electron chi connectivity index (χ1n) is 4.20. The quantitative estimate of drug-likeness (QED) is 0.717. The Kier molecular flexibility index (Phi) is 2.14. The minimum absolute atomic E-state index is 0.322. The lowest BCUT2D eigenvalue weighted by molar-refractivity contribution is 0.857. The maximum atomic E-state index is 8.59. The Balaban J connectivity index is 2.69. The van der Waals surface area contributed by atoms with Gasteiger partial charge in [-0.2, -0.15) is 5.26 Å². The van der Waals surface area contributed by atoms with E-state index in [0.717, 1.165) is 16.9 Å². The van der Waals surface area contributed by atoms with Crippen LogP contribution in [-0.4, -0.2) is 9.55 Å². The number of hydrogen-bond donors (Lipinski definition) is 0. The molecule has 1 heterocycles. The smallest absolute Gasteiger partial charge is 0.123 e. The van der Waals surface area contributed by atoms with Crippen molar-refractivity contribution in [3.05, 3.63) is 29.0 Å². The van der Waals surface area contributed by atoms with Crippen molar-refractivity contribution in [1.29, 1.82) is 5.26 Å². The van der Waals surface area contributed by atoms with Crippen molar-refractivity contribution in [2.24, 2.45) is 7.05 Å². The van der Waals surface area contributed by atoms with Gasteiger partial charge >= 0.3 is 0 Å². The van der Waals surface area contributed by atoms with Gasteiger partial charge in [-0.3, -0.25) is 0 Å². The van der Waals surface area contributed by atoms with Crippen LogP contribution in [-0.2, 0) is 13.5 Å². The van der Waals surface area contributed by atoms with Gasteiger partial charge in [-0.15, -0.1) is 0 Å². The minimum Gasteiger partial charge on any atom is -0.330 e. The summed E-state index contributed by atoms with van der Waals surface area (Å²) in [5.74, 6) is 0.768. The lowest BCUT2D eigenvalue weighted by Crippen LogP contribution is -1.95. The van der Waals surface area contributed by atoms with Crippen molar-refractivity contribution in [1.82, 2.24) is 9.55 Å². The van der Waals surface area contributed by atoms with Crippen LogP contribution < -0.4 is 0 Å². The molecule has 0 radical (unpaired) electrons. The molecule has 0 saturated carbocycles. The molecular weight excluding hydrogens is 198 g/mol. The molecule has 70 valence electrons. The van der Waals surface area contributed by atoms with Crippen LogP contribution in [0.15, 0.2) is 18.2 Å². The Morgan fingerprint density at radius 3 is 3.07 bits per heavy atom. The standard InChI is InChI=1S/C10H8ClN3/c1-14-9-6-7(11)2-3-8(9)13-10(14)4-5-12/h2-3,6H,4H2,1H3. The van der Waals surface area contributed by atoms with Gasteiger partial charge in [0.15, 0.2) is 0 Å². The number of aryl methyl sites for hydroxylation is 1. The van der Waals surface area contributed by atoms with E-state index in [-0.39, 0.29) is 0 Å². The van der Waals surface area contributed by atoms with Gasteiger partial charge in [0.25, 0.3) is 0 Å². The molecule has 1 aromatic carbocycles. The lowest BCUT2D eigenvalue weighted by Gasteiger charge is -1.97.